The third-order valence-corrected chi connectivity index (χ3v) is 4.25. The van der Waals surface area contributed by atoms with Crippen LogP contribution in [0, 0.1) is 5.82 Å². The maximum absolute atomic E-state index is 14.3. The zero-order valence-corrected chi connectivity index (χ0v) is 14.0. The van der Waals surface area contributed by atoms with Gasteiger partial charge in [0.1, 0.15) is 5.82 Å². The molecule has 23 heavy (non-hydrogen) atoms. The van der Waals surface area contributed by atoms with E-state index in [1.807, 2.05) is 6.92 Å². The molecule has 1 aliphatic rings. The summed E-state index contributed by atoms with van der Waals surface area (Å²) in [6.07, 6.45) is 0.343. The molecule has 2 atom stereocenters. The number of nitrogens with one attached hydrogen (secondary N) is 1. The van der Waals surface area contributed by atoms with Gasteiger partial charge in [0.15, 0.2) is 0 Å². The number of rotatable bonds is 4. The molecule has 0 aromatic heterocycles. The molecule has 1 aromatic rings. The topological polar surface area (TPSA) is 55.4 Å². The molecular weight excluding hydrogens is 321 g/mol. The van der Waals surface area contributed by atoms with Gasteiger partial charge in [0, 0.05) is 28.6 Å². The summed E-state index contributed by atoms with van der Waals surface area (Å²) < 4.78 is 19.6. The van der Waals surface area contributed by atoms with Crippen LogP contribution >= 0.6 is 11.6 Å². The van der Waals surface area contributed by atoms with Gasteiger partial charge >= 0.3 is 5.97 Å². The second-order valence-corrected chi connectivity index (χ2v) is 6.01. The van der Waals surface area contributed by atoms with Crippen molar-refractivity contribution in [3.63, 3.8) is 0 Å². The van der Waals surface area contributed by atoms with Crippen LogP contribution in [0.5, 0.6) is 0 Å². The van der Waals surface area contributed by atoms with Crippen LogP contribution in [0.2, 0.25) is 5.02 Å². The third-order valence-electron chi connectivity index (χ3n) is 3.92. The van der Waals surface area contributed by atoms with Gasteiger partial charge < -0.3 is 10.1 Å². The maximum atomic E-state index is 14.3. The molecule has 2 rings (SSSR count). The van der Waals surface area contributed by atoms with Gasteiger partial charge in [-0.15, -0.1) is 0 Å². The van der Waals surface area contributed by atoms with Crippen molar-refractivity contribution < 1.29 is 18.7 Å². The molecule has 0 bridgehead atoms. The number of hydrogen-bond donors (Lipinski definition) is 1. The fourth-order valence-corrected chi connectivity index (χ4v) is 2.89. The Bertz CT molecular complexity index is 652. The van der Waals surface area contributed by atoms with E-state index in [1.165, 1.54) is 12.1 Å². The zero-order valence-electron chi connectivity index (χ0n) is 13.3. The largest absolute Gasteiger partial charge is 0.459 e. The maximum Gasteiger partial charge on any atom is 0.336 e. The van der Waals surface area contributed by atoms with Gasteiger partial charge in [-0.05, 0) is 32.4 Å². The van der Waals surface area contributed by atoms with Crippen molar-refractivity contribution >= 4 is 23.5 Å². The second kappa shape index (κ2) is 7.13. The Morgan fingerprint density at radius 1 is 1.52 bits per heavy atom. The summed E-state index contributed by atoms with van der Waals surface area (Å²) in [7, 11) is 0. The lowest BCUT2D eigenvalue weighted by Crippen LogP contribution is -2.35. The minimum absolute atomic E-state index is 0.0526. The number of esters is 1. The van der Waals surface area contributed by atoms with Crippen molar-refractivity contribution in [2.24, 2.45) is 0 Å². The van der Waals surface area contributed by atoms with Crippen molar-refractivity contribution in [3.05, 3.63) is 45.9 Å². The smallest absolute Gasteiger partial charge is 0.336 e. The predicted molar refractivity (Wildman–Crippen MR) is 85.5 cm³/mol. The zero-order chi connectivity index (χ0) is 17.1. The SMILES string of the molecule is CCC(C)OC(=O)C1=C(C)NC(=O)CC1c1c(F)cccc1Cl. The fraction of sp³-hybridized carbons (Fsp3) is 0.412. The first kappa shape index (κ1) is 17.5. The lowest BCUT2D eigenvalue weighted by atomic mass is 9.84. The number of carbonyl (C=O) groups is 2. The number of halogens is 2. The van der Waals surface area contributed by atoms with Gasteiger partial charge in [-0.2, -0.15) is 0 Å². The van der Waals surface area contributed by atoms with E-state index >= 15 is 0 Å². The first-order valence-corrected chi connectivity index (χ1v) is 7.88. The second-order valence-electron chi connectivity index (χ2n) is 5.60. The van der Waals surface area contributed by atoms with E-state index in [-0.39, 0.29) is 34.6 Å². The van der Waals surface area contributed by atoms with Crippen LogP contribution in [-0.2, 0) is 14.3 Å². The van der Waals surface area contributed by atoms with E-state index in [0.29, 0.717) is 12.1 Å². The monoisotopic (exact) mass is 339 g/mol. The van der Waals surface area contributed by atoms with Crippen molar-refractivity contribution in [1.29, 1.82) is 0 Å². The summed E-state index contributed by atoms with van der Waals surface area (Å²) in [5.41, 5.74) is 0.773. The average molecular weight is 340 g/mol. The van der Waals surface area contributed by atoms with Crippen LogP contribution in [0.15, 0.2) is 29.5 Å². The highest BCUT2D eigenvalue weighted by molar-refractivity contribution is 6.31. The molecule has 1 N–H and O–H groups in total. The van der Waals surface area contributed by atoms with Crippen LogP contribution in [0.1, 0.15) is 45.1 Å². The molecule has 0 saturated heterocycles. The number of benzene rings is 1. The number of hydrogen-bond acceptors (Lipinski definition) is 3. The highest BCUT2D eigenvalue weighted by Gasteiger charge is 2.35. The van der Waals surface area contributed by atoms with Crippen molar-refractivity contribution in [3.8, 4) is 0 Å². The summed E-state index contributed by atoms with van der Waals surface area (Å²) in [5.74, 6) is -2.14. The van der Waals surface area contributed by atoms with Crippen molar-refractivity contribution in [1.82, 2.24) is 5.32 Å². The van der Waals surface area contributed by atoms with Gasteiger partial charge in [0.05, 0.1) is 11.7 Å². The summed E-state index contributed by atoms with van der Waals surface area (Å²) >= 11 is 6.11. The first-order valence-electron chi connectivity index (χ1n) is 7.50. The molecule has 2 unspecified atom stereocenters. The Balaban J connectivity index is 2.49. The average Bonchev–Trinajstić information content (AvgIpc) is 2.46. The normalized spacial score (nSPS) is 19.3. The molecule has 0 fully saturated rings. The van der Waals surface area contributed by atoms with Crippen LogP contribution in [0.4, 0.5) is 4.39 Å². The van der Waals surface area contributed by atoms with Gasteiger partial charge in [0.2, 0.25) is 5.91 Å². The molecule has 1 aliphatic heterocycles. The number of allylic oxidation sites excluding steroid dienone is 1. The van der Waals surface area contributed by atoms with E-state index in [1.54, 1.807) is 19.9 Å². The number of amides is 1. The molecule has 0 spiro atoms. The molecule has 4 nitrogen and oxygen atoms in total. The van der Waals surface area contributed by atoms with Crippen molar-refractivity contribution in [2.45, 2.75) is 45.6 Å². The molecule has 6 heteroatoms. The van der Waals surface area contributed by atoms with Gasteiger partial charge in [0.25, 0.3) is 0 Å². The standard InChI is InChI=1S/C17H19ClFNO3/c1-4-9(2)23-17(22)15-10(3)20-14(21)8-11(15)16-12(18)6-5-7-13(16)19/h5-7,9,11H,4,8H2,1-3H3,(H,20,21). The van der Waals surface area contributed by atoms with Gasteiger partial charge in [-0.3, -0.25) is 4.79 Å². The number of ether oxygens (including phenoxy) is 1. The van der Waals surface area contributed by atoms with E-state index < -0.39 is 17.7 Å². The summed E-state index contributed by atoms with van der Waals surface area (Å²) in [6, 6.07) is 4.29. The Morgan fingerprint density at radius 2 is 2.22 bits per heavy atom. The molecular formula is C17H19ClFNO3. The highest BCUT2D eigenvalue weighted by atomic mass is 35.5. The van der Waals surface area contributed by atoms with E-state index in [2.05, 4.69) is 5.32 Å². The molecule has 0 saturated carbocycles. The van der Waals surface area contributed by atoms with Gasteiger partial charge in [-0.25, -0.2) is 9.18 Å². The Kier molecular flexibility index (Phi) is 5.42. The van der Waals surface area contributed by atoms with Crippen LogP contribution in [0.25, 0.3) is 0 Å². The van der Waals surface area contributed by atoms with Crippen molar-refractivity contribution in [2.75, 3.05) is 0 Å². The van der Waals surface area contributed by atoms with Crippen LogP contribution in [0.3, 0.4) is 0 Å². The van der Waals surface area contributed by atoms with Gasteiger partial charge in [-0.1, -0.05) is 24.6 Å². The Hall–Kier alpha value is -1.88. The Morgan fingerprint density at radius 3 is 2.83 bits per heavy atom. The molecule has 1 heterocycles. The molecule has 0 aliphatic carbocycles. The lowest BCUT2D eigenvalue weighted by Gasteiger charge is -2.28. The summed E-state index contributed by atoms with van der Waals surface area (Å²) in [5, 5.41) is 2.80. The Labute approximate surface area is 139 Å². The lowest BCUT2D eigenvalue weighted by molar-refractivity contribution is -0.144. The molecule has 0 radical (unpaired) electrons. The summed E-state index contributed by atoms with van der Waals surface area (Å²) in [6.45, 7) is 5.28. The third kappa shape index (κ3) is 3.72. The first-order chi connectivity index (χ1) is 10.8. The fourth-order valence-electron chi connectivity index (χ4n) is 2.59. The van der Waals surface area contributed by atoms with E-state index in [4.69, 9.17) is 16.3 Å². The minimum atomic E-state index is -0.756. The quantitative estimate of drug-likeness (QED) is 0.851. The molecule has 1 aromatic carbocycles. The number of carbonyl (C=O) groups excluding carboxylic acids is 2. The van der Waals surface area contributed by atoms with E-state index in [9.17, 15) is 14.0 Å². The van der Waals surface area contributed by atoms with Crippen LogP contribution < -0.4 is 5.32 Å². The predicted octanol–water partition coefficient (Wildman–Crippen LogP) is 3.70. The van der Waals surface area contributed by atoms with Crippen LogP contribution in [-0.4, -0.2) is 18.0 Å². The molecule has 1 amide bonds. The van der Waals surface area contributed by atoms with E-state index in [0.717, 1.165) is 0 Å². The molecule has 124 valence electrons. The highest BCUT2D eigenvalue weighted by Crippen LogP contribution is 2.38. The minimum Gasteiger partial charge on any atom is -0.459 e. The summed E-state index contributed by atoms with van der Waals surface area (Å²) in [4.78, 5) is 24.4.